The van der Waals surface area contributed by atoms with Crippen molar-refractivity contribution in [3.05, 3.63) is 58.5 Å². The zero-order valence-corrected chi connectivity index (χ0v) is 20.3. The van der Waals surface area contributed by atoms with Gasteiger partial charge in [-0.3, -0.25) is 14.6 Å². The van der Waals surface area contributed by atoms with E-state index in [4.69, 9.17) is 4.74 Å². The van der Waals surface area contributed by atoms with Gasteiger partial charge in [-0.25, -0.2) is 0 Å². The molecule has 0 amide bonds. The van der Waals surface area contributed by atoms with Crippen molar-refractivity contribution >= 4 is 35.5 Å². The minimum atomic E-state index is -1.32. The van der Waals surface area contributed by atoms with Gasteiger partial charge in [-0.2, -0.15) is 4.98 Å². The number of esters is 1. The third-order valence-corrected chi connectivity index (χ3v) is 7.91. The normalized spacial score (nSPS) is 13.2. The molecular formula is C23H28N2O4SSi. The summed E-state index contributed by atoms with van der Waals surface area (Å²) >= 11 is 1.36. The molecule has 0 saturated heterocycles. The van der Waals surface area contributed by atoms with Crippen LogP contribution in [0.3, 0.4) is 0 Å². The van der Waals surface area contributed by atoms with E-state index in [2.05, 4.69) is 29.6 Å². The summed E-state index contributed by atoms with van der Waals surface area (Å²) < 4.78 is 6.29. The summed E-state index contributed by atoms with van der Waals surface area (Å²) in [4.78, 5) is 33.5. The van der Waals surface area contributed by atoms with E-state index in [-0.39, 0.29) is 5.56 Å². The molecule has 31 heavy (non-hydrogen) atoms. The van der Waals surface area contributed by atoms with Gasteiger partial charge in [-0.15, -0.1) is 11.3 Å². The zero-order chi connectivity index (χ0) is 22.8. The molecule has 0 aliphatic heterocycles. The van der Waals surface area contributed by atoms with Gasteiger partial charge in [-0.1, -0.05) is 31.8 Å². The molecule has 8 heteroatoms. The Bertz CT molecular complexity index is 1150. The van der Waals surface area contributed by atoms with E-state index < -0.39 is 25.6 Å². The third-order valence-electron chi connectivity index (χ3n) is 5.14. The van der Waals surface area contributed by atoms with Crippen molar-refractivity contribution in [2.45, 2.75) is 45.6 Å². The van der Waals surface area contributed by atoms with Gasteiger partial charge < -0.3 is 9.84 Å². The first-order valence-corrected chi connectivity index (χ1v) is 14.7. The molecule has 1 unspecified atom stereocenters. The monoisotopic (exact) mass is 456 g/mol. The molecule has 3 aromatic rings. The maximum Gasteiger partial charge on any atom is 0.314 e. The number of benzene rings is 1. The van der Waals surface area contributed by atoms with Crippen molar-refractivity contribution in [3.63, 3.8) is 0 Å². The number of ether oxygens (including phenoxy) is 1. The number of carbonyl (C=O) groups is 1. The van der Waals surface area contributed by atoms with Crippen molar-refractivity contribution < 1.29 is 14.6 Å². The number of rotatable bonds is 7. The highest BCUT2D eigenvalue weighted by molar-refractivity contribution is 7.21. The predicted molar refractivity (Wildman–Crippen MR) is 127 cm³/mol. The van der Waals surface area contributed by atoms with Gasteiger partial charge in [0.15, 0.2) is 0 Å². The van der Waals surface area contributed by atoms with E-state index in [1.807, 2.05) is 12.1 Å². The Balaban J connectivity index is 1.85. The molecular weight excluding hydrogens is 428 g/mol. The van der Waals surface area contributed by atoms with Gasteiger partial charge in [0.1, 0.15) is 5.01 Å². The summed E-state index contributed by atoms with van der Waals surface area (Å²) in [7, 11) is -1.32. The van der Waals surface area contributed by atoms with Crippen LogP contribution in [0, 0.1) is 5.41 Å². The van der Waals surface area contributed by atoms with E-state index in [0.717, 1.165) is 10.7 Å². The summed E-state index contributed by atoms with van der Waals surface area (Å²) in [5.41, 5.74) is -0.454. The van der Waals surface area contributed by atoms with Crippen LogP contribution in [0.1, 0.15) is 25.5 Å². The van der Waals surface area contributed by atoms with E-state index in [1.54, 1.807) is 44.3 Å². The number of pyridine rings is 1. The summed E-state index contributed by atoms with van der Waals surface area (Å²) in [5.74, 6) is -0.440. The Kier molecular flexibility index (Phi) is 6.73. The van der Waals surface area contributed by atoms with Crippen molar-refractivity contribution in [1.29, 1.82) is 0 Å². The van der Waals surface area contributed by atoms with Crippen LogP contribution in [0.5, 0.6) is 0 Å². The summed E-state index contributed by atoms with van der Waals surface area (Å²) in [6.45, 7) is 10.3. The second kappa shape index (κ2) is 8.98. The lowest BCUT2D eigenvalue weighted by molar-refractivity contribution is -0.160. The number of carbonyl (C=O) groups excluding carboxylic acids is 1. The number of aliphatic hydroxyl groups is 1. The summed E-state index contributed by atoms with van der Waals surface area (Å²) in [6, 6.07) is 11.5. The highest BCUT2D eigenvalue weighted by Crippen LogP contribution is 2.36. The topological polar surface area (TPSA) is 89.4 Å². The molecule has 0 bridgehead atoms. The lowest BCUT2D eigenvalue weighted by Gasteiger charge is -2.29. The molecule has 2 heterocycles. The quantitative estimate of drug-likeness (QED) is 0.411. The molecule has 1 atom stereocenters. The molecule has 0 spiro atoms. The molecule has 0 fully saturated rings. The van der Waals surface area contributed by atoms with Crippen LogP contribution in [-0.4, -0.2) is 35.7 Å². The van der Waals surface area contributed by atoms with Gasteiger partial charge in [0.05, 0.1) is 29.2 Å². The van der Waals surface area contributed by atoms with Crippen molar-refractivity contribution in [2.24, 2.45) is 5.41 Å². The van der Waals surface area contributed by atoms with Gasteiger partial charge >= 0.3 is 5.97 Å². The first-order chi connectivity index (χ1) is 14.5. The number of hydrogen-bond donors (Lipinski definition) is 1. The van der Waals surface area contributed by atoms with Gasteiger partial charge in [0.25, 0.3) is 5.56 Å². The molecule has 2 aromatic heterocycles. The van der Waals surface area contributed by atoms with Crippen LogP contribution in [0.25, 0.3) is 20.8 Å². The van der Waals surface area contributed by atoms with Gasteiger partial charge in [0.2, 0.25) is 0 Å². The van der Waals surface area contributed by atoms with Crippen LogP contribution in [0.2, 0.25) is 25.7 Å². The first kappa shape index (κ1) is 23.2. The van der Waals surface area contributed by atoms with E-state index in [9.17, 15) is 14.7 Å². The lowest BCUT2D eigenvalue weighted by atomic mass is 9.83. The van der Waals surface area contributed by atoms with Crippen LogP contribution in [0.15, 0.2) is 47.4 Å². The Morgan fingerprint density at radius 3 is 2.65 bits per heavy atom. The van der Waals surface area contributed by atoms with Crippen LogP contribution in [-0.2, 0) is 9.53 Å². The van der Waals surface area contributed by atoms with Crippen molar-refractivity contribution in [1.82, 2.24) is 9.97 Å². The number of aliphatic hydroxyl groups excluding tert-OH is 1. The molecule has 0 radical (unpaired) electrons. The fourth-order valence-corrected chi connectivity index (χ4v) is 4.70. The molecule has 0 saturated carbocycles. The molecule has 164 valence electrons. The van der Waals surface area contributed by atoms with Crippen LogP contribution in [0.4, 0.5) is 0 Å². The minimum absolute atomic E-state index is 0.316. The number of nitrogens with zero attached hydrogens (tertiary/aromatic N) is 2. The fraction of sp³-hybridized carbons (Fsp3) is 0.391. The predicted octanol–water partition coefficient (Wildman–Crippen LogP) is 4.66. The smallest absolute Gasteiger partial charge is 0.314 e. The number of hydrogen-bond acceptors (Lipinski definition) is 7. The molecule has 1 aromatic carbocycles. The SMILES string of the molecule is CC(C)(C(=O)OCC[Si](C)(C)C)C(O)c1ccnc(-c2nc(=O)c3ccccc3s2)c1. The average molecular weight is 457 g/mol. The van der Waals surface area contributed by atoms with E-state index >= 15 is 0 Å². The summed E-state index contributed by atoms with van der Waals surface area (Å²) in [5, 5.41) is 12.0. The first-order valence-electron chi connectivity index (χ1n) is 10.2. The Morgan fingerprint density at radius 1 is 1.23 bits per heavy atom. The van der Waals surface area contributed by atoms with E-state index in [0.29, 0.717) is 28.3 Å². The van der Waals surface area contributed by atoms with Gasteiger partial charge in [0, 0.05) is 19.0 Å². The van der Waals surface area contributed by atoms with Crippen molar-refractivity contribution in [2.75, 3.05) is 6.61 Å². The zero-order valence-electron chi connectivity index (χ0n) is 18.5. The number of aromatic nitrogens is 2. The highest BCUT2D eigenvalue weighted by Gasteiger charge is 2.38. The molecule has 0 aliphatic carbocycles. The Labute approximate surface area is 187 Å². The summed E-state index contributed by atoms with van der Waals surface area (Å²) in [6.07, 6.45) is 0.458. The average Bonchev–Trinajstić information content (AvgIpc) is 2.72. The van der Waals surface area contributed by atoms with Gasteiger partial charge in [-0.05, 0) is 49.7 Å². The Hall–Kier alpha value is -2.42. The second-order valence-electron chi connectivity index (χ2n) is 9.37. The van der Waals surface area contributed by atoms with Crippen LogP contribution < -0.4 is 5.56 Å². The van der Waals surface area contributed by atoms with E-state index in [1.165, 1.54) is 11.3 Å². The largest absolute Gasteiger partial charge is 0.466 e. The standard InChI is InChI=1S/C23H28N2O4SSi/c1-23(2,22(28)29-12-13-31(3,4)5)19(26)15-10-11-24-17(14-15)21-25-20(27)16-8-6-7-9-18(16)30-21/h6-11,14,19,26H,12-13H2,1-5H3. The Morgan fingerprint density at radius 2 is 1.94 bits per heavy atom. The maximum absolute atomic E-state index is 12.7. The second-order valence-corrected chi connectivity index (χ2v) is 16.0. The third kappa shape index (κ3) is 5.44. The minimum Gasteiger partial charge on any atom is -0.466 e. The van der Waals surface area contributed by atoms with Crippen LogP contribution >= 0.6 is 11.3 Å². The maximum atomic E-state index is 12.7. The molecule has 6 nitrogen and oxygen atoms in total. The lowest BCUT2D eigenvalue weighted by Crippen LogP contribution is -2.34. The highest BCUT2D eigenvalue weighted by atomic mass is 32.1. The fourth-order valence-electron chi connectivity index (χ4n) is 3.02. The number of fused-ring (bicyclic) bond motifs is 1. The van der Waals surface area contributed by atoms with Crippen molar-refractivity contribution in [3.8, 4) is 10.7 Å². The molecule has 1 N–H and O–H groups in total. The molecule has 0 aliphatic rings. The molecule has 3 rings (SSSR count).